The first-order valence-electron chi connectivity index (χ1n) is 4.31. The number of ether oxygens (including phenoxy) is 2. The van der Waals surface area contributed by atoms with Crippen LogP contribution < -0.4 is 14.3 Å². The van der Waals surface area contributed by atoms with Crippen molar-refractivity contribution in [1.29, 1.82) is 0 Å². The second-order valence-electron chi connectivity index (χ2n) is 2.95. The normalized spacial score (nSPS) is 12.3. The Hall–Kier alpha value is -0.930. The molecular formula is C10H14ClNO2. The fourth-order valence-corrected chi connectivity index (χ4v) is 1.31. The van der Waals surface area contributed by atoms with Crippen LogP contribution in [0.15, 0.2) is 18.2 Å². The van der Waals surface area contributed by atoms with Gasteiger partial charge < -0.3 is 9.47 Å². The summed E-state index contributed by atoms with van der Waals surface area (Å²) in [5.74, 6) is 1.43. The van der Waals surface area contributed by atoms with Crippen LogP contribution in [0.5, 0.6) is 11.5 Å². The minimum Gasteiger partial charge on any atom is -0.493 e. The van der Waals surface area contributed by atoms with Crippen LogP contribution in [0.3, 0.4) is 0 Å². The first-order chi connectivity index (χ1) is 6.72. The summed E-state index contributed by atoms with van der Waals surface area (Å²) in [6.45, 7) is 1.97. The highest BCUT2D eigenvalue weighted by Crippen LogP contribution is 2.29. The molecule has 1 unspecified atom stereocenters. The lowest BCUT2D eigenvalue weighted by molar-refractivity contribution is 0.354. The van der Waals surface area contributed by atoms with Gasteiger partial charge in [0.05, 0.1) is 14.2 Å². The Morgan fingerprint density at radius 1 is 1.21 bits per heavy atom. The van der Waals surface area contributed by atoms with Crippen molar-refractivity contribution in [3.63, 3.8) is 0 Å². The van der Waals surface area contributed by atoms with Crippen molar-refractivity contribution >= 4 is 11.8 Å². The Kier molecular flexibility index (Phi) is 4.04. The summed E-state index contributed by atoms with van der Waals surface area (Å²) < 4.78 is 10.3. The van der Waals surface area contributed by atoms with E-state index in [1.165, 1.54) is 0 Å². The van der Waals surface area contributed by atoms with Crippen molar-refractivity contribution in [2.75, 3.05) is 14.2 Å². The fourth-order valence-electron chi connectivity index (χ4n) is 1.19. The van der Waals surface area contributed by atoms with E-state index in [0.717, 1.165) is 11.3 Å². The predicted molar refractivity (Wildman–Crippen MR) is 56.9 cm³/mol. The Morgan fingerprint density at radius 2 is 1.86 bits per heavy atom. The third-order valence-electron chi connectivity index (χ3n) is 2.07. The SMILES string of the molecule is COc1ccc(C(C)NCl)cc1OC. The molecule has 0 aliphatic rings. The smallest absolute Gasteiger partial charge is 0.161 e. The molecule has 1 atom stereocenters. The Balaban J connectivity index is 3.01. The number of halogens is 1. The average molecular weight is 216 g/mol. The van der Waals surface area contributed by atoms with Gasteiger partial charge in [-0.25, -0.2) is 4.84 Å². The summed E-state index contributed by atoms with van der Waals surface area (Å²) in [6.07, 6.45) is 0. The molecule has 0 aromatic heterocycles. The Bertz CT molecular complexity index is 304. The molecule has 1 aromatic rings. The van der Waals surface area contributed by atoms with E-state index in [0.29, 0.717) is 5.75 Å². The summed E-state index contributed by atoms with van der Waals surface area (Å²) in [7, 11) is 3.22. The quantitative estimate of drug-likeness (QED) is 0.783. The number of rotatable bonds is 4. The largest absolute Gasteiger partial charge is 0.493 e. The zero-order chi connectivity index (χ0) is 10.6. The molecule has 0 saturated heterocycles. The standard InChI is InChI=1S/C10H14ClNO2/c1-7(12-11)8-4-5-9(13-2)10(6-8)14-3/h4-7,12H,1-3H3. The van der Waals surface area contributed by atoms with Gasteiger partial charge in [0.1, 0.15) is 0 Å². The predicted octanol–water partition coefficient (Wildman–Crippen LogP) is 2.51. The highest BCUT2D eigenvalue weighted by molar-refractivity contribution is 6.13. The molecule has 0 bridgehead atoms. The van der Waals surface area contributed by atoms with Crippen LogP contribution in [-0.2, 0) is 0 Å². The number of hydrogen-bond donors (Lipinski definition) is 1. The van der Waals surface area contributed by atoms with Gasteiger partial charge in [-0.15, -0.1) is 0 Å². The first-order valence-corrected chi connectivity index (χ1v) is 4.68. The van der Waals surface area contributed by atoms with Crippen molar-refractivity contribution in [2.24, 2.45) is 0 Å². The number of nitrogens with one attached hydrogen (secondary N) is 1. The fraction of sp³-hybridized carbons (Fsp3) is 0.400. The monoisotopic (exact) mass is 215 g/mol. The van der Waals surface area contributed by atoms with Crippen molar-refractivity contribution < 1.29 is 9.47 Å². The van der Waals surface area contributed by atoms with E-state index in [1.54, 1.807) is 14.2 Å². The van der Waals surface area contributed by atoms with E-state index in [2.05, 4.69) is 4.84 Å². The van der Waals surface area contributed by atoms with E-state index in [-0.39, 0.29) is 6.04 Å². The molecule has 0 heterocycles. The molecule has 0 aliphatic heterocycles. The van der Waals surface area contributed by atoms with Crippen LogP contribution in [0.25, 0.3) is 0 Å². The van der Waals surface area contributed by atoms with E-state index in [9.17, 15) is 0 Å². The number of benzene rings is 1. The molecule has 1 rings (SSSR count). The van der Waals surface area contributed by atoms with Gasteiger partial charge in [-0.3, -0.25) is 0 Å². The average Bonchev–Trinajstić information content (AvgIpc) is 2.26. The summed E-state index contributed by atoms with van der Waals surface area (Å²) in [5, 5.41) is 0. The minimum absolute atomic E-state index is 0.0801. The Morgan fingerprint density at radius 3 is 2.36 bits per heavy atom. The maximum Gasteiger partial charge on any atom is 0.161 e. The van der Waals surface area contributed by atoms with E-state index in [1.807, 2.05) is 25.1 Å². The lowest BCUT2D eigenvalue weighted by Crippen LogP contribution is -2.06. The number of hydrogen-bond acceptors (Lipinski definition) is 3. The number of methoxy groups -OCH3 is 2. The van der Waals surface area contributed by atoms with Gasteiger partial charge >= 0.3 is 0 Å². The third-order valence-corrected chi connectivity index (χ3v) is 2.40. The van der Waals surface area contributed by atoms with E-state index in [4.69, 9.17) is 21.3 Å². The van der Waals surface area contributed by atoms with Gasteiger partial charge in [0.25, 0.3) is 0 Å². The van der Waals surface area contributed by atoms with Crippen LogP contribution in [0.1, 0.15) is 18.5 Å². The molecule has 0 saturated carbocycles. The molecule has 14 heavy (non-hydrogen) atoms. The Labute approximate surface area is 89.1 Å². The molecule has 0 aliphatic carbocycles. The summed E-state index contributed by atoms with van der Waals surface area (Å²) in [6, 6.07) is 5.79. The topological polar surface area (TPSA) is 30.5 Å². The second kappa shape index (κ2) is 5.08. The molecule has 3 nitrogen and oxygen atoms in total. The van der Waals surface area contributed by atoms with Gasteiger partial charge in [0.2, 0.25) is 0 Å². The van der Waals surface area contributed by atoms with Gasteiger partial charge in [0.15, 0.2) is 11.5 Å². The minimum atomic E-state index is 0.0801. The van der Waals surface area contributed by atoms with Crippen molar-refractivity contribution in [3.8, 4) is 11.5 Å². The lowest BCUT2D eigenvalue weighted by Gasteiger charge is -2.12. The van der Waals surface area contributed by atoms with Crippen molar-refractivity contribution in [2.45, 2.75) is 13.0 Å². The molecule has 0 radical (unpaired) electrons. The molecule has 78 valence electrons. The highest BCUT2D eigenvalue weighted by atomic mass is 35.5. The van der Waals surface area contributed by atoms with Crippen LogP contribution in [-0.4, -0.2) is 14.2 Å². The molecule has 0 fully saturated rings. The van der Waals surface area contributed by atoms with E-state index >= 15 is 0 Å². The molecule has 0 amide bonds. The molecular weight excluding hydrogens is 202 g/mol. The third kappa shape index (κ3) is 2.30. The van der Waals surface area contributed by atoms with Gasteiger partial charge in [-0.2, -0.15) is 0 Å². The molecule has 1 N–H and O–H groups in total. The molecule has 1 aromatic carbocycles. The van der Waals surface area contributed by atoms with Crippen LogP contribution in [0, 0.1) is 0 Å². The van der Waals surface area contributed by atoms with E-state index < -0.39 is 0 Å². The highest BCUT2D eigenvalue weighted by Gasteiger charge is 2.08. The lowest BCUT2D eigenvalue weighted by atomic mass is 10.1. The zero-order valence-corrected chi connectivity index (χ0v) is 9.26. The first kappa shape index (κ1) is 11.1. The molecule has 4 heteroatoms. The van der Waals surface area contributed by atoms with Gasteiger partial charge in [-0.1, -0.05) is 6.07 Å². The van der Waals surface area contributed by atoms with Crippen LogP contribution >= 0.6 is 11.8 Å². The van der Waals surface area contributed by atoms with Crippen LogP contribution in [0.4, 0.5) is 0 Å². The second-order valence-corrected chi connectivity index (χ2v) is 3.16. The zero-order valence-electron chi connectivity index (χ0n) is 8.50. The van der Waals surface area contributed by atoms with Gasteiger partial charge in [-0.05, 0) is 36.4 Å². The maximum atomic E-state index is 5.53. The maximum absolute atomic E-state index is 5.53. The summed E-state index contributed by atoms with van der Waals surface area (Å²) >= 11 is 5.53. The van der Waals surface area contributed by atoms with Crippen LogP contribution in [0.2, 0.25) is 0 Å². The summed E-state index contributed by atoms with van der Waals surface area (Å²) in [4.78, 5) is 2.65. The van der Waals surface area contributed by atoms with Crippen molar-refractivity contribution in [3.05, 3.63) is 23.8 Å². The van der Waals surface area contributed by atoms with Crippen molar-refractivity contribution in [1.82, 2.24) is 4.84 Å². The molecule has 0 spiro atoms. The van der Waals surface area contributed by atoms with Gasteiger partial charge in [0, 0.05) is 6.04 Å². The summed E-state index contributed by atoms with van der Waals surface area (Å²) in [5.41, 5.74) is 1.05.